The number of aromatic nitrogens is 2. The van der Waals surface area contributed by atoms with Crippen LogP contribution in [0.2, 0.25) is 0 Å². The van der Waals surface area contributed by atoms with Gasteiger partial charge in [-0.2, -0.15) is 5.10 Å². The Morgan fingerprint density at radius 2 is 2.04 bits per heavy atom. The van der Waals surface area contributed by atoms with Gasteiger partial charge < -0.3 is 5.32 Å². The molecule has 26 heavy (non-hydrogen) atoms. The first-order valence-corrected chi connectivity index (χ1v) is 9.56. The van der Waals surface area contributed by atoms with Crippen LogP contribution in [0.4, 0.5) is 10.1 Å². The van der Waals surface area contributed by atoms with Gasteiger partial charge in [-0.3, -0.25) is 9.48 Å². The predicted octanol–water partition coefficient (Wildman–Crippen LogP) is 5.61. The number of hydrogen-bond acceptors (Lipinski definition) is 2. The number of carbonyl (C=O) groups excluding carboxylic acids is 1. The number of hydrogen-bond donors (Lipinski definition) is 1. The van der Waals surface area contributed by atoms with Crippen molar-refractivity contribution in [3.05, 3.63) is 57.9 Å². The second kappa shape index (κ2) is 6.83. The number of fused-ring (bicyclic) bond motifs is 1. The minimum Gasteiger partial charge on any atom is -0.322 e. The average molecular weight is 416 g/mol. The molecule has 1 heterocycles. The lowest BCUT2D eigenvalue weighted by molar-refractivity contribution is 0.102. The SMILES string of the molecule is Cc1cc(F)ccc1NC(=O)c1cc(Br)cc2c1cnn2C1CCCC1. The van der Waals surface area contributed by atoms with Crippen molar-refractivity contribution in [1.29, 1.82) is 0 Å². The van der Waals surface area contributed by atoms with E-state index in [0.717, 1.165) is 28.2 Å². The second-order valence-corrected chi connectivity index (χ2v) is 7.74. The number of anilines is 1. The van der Waals surface area contributed by atoms with E-state index in [2.05, 4.69) is 26.3 Å². The van der Waals surface area contributed by atoms with Gasteiger partial charge in [-0.1, -0.05) is 28.8 Å². The van der Waals surface area contributed by atoms with Gasteiger partial charge in [0.05, 0.1) is 23.3 Å². The van der Waals surface area contributed by atoms with Crippen LogP contribution in [0.25, 0.3) is 10.9 Å². The summed E-state index contributed by atoms with van der Waals surface area (Å²) in [5, 5.41) is 8.28. The van der Waals surface area contributed by atoms with Crippen molar-refractivity contribution in [2.24, 2.45) is 0 Å². The fourth-order valence-corrected chi connectivity index (χ4v) is 4.14. The van der Waals surface area contributed by atoms with E-state index in [9.17, 15) is 9.18 Å². The normalized spacial score (nSPS) is 14.9. The number of halogens is 2. The molecule has 0 bridgehead atoms. The van der Waals surface area contributed by atoms with Crippen LogP contribution in [0, 0.1) is 12.7 Å². The van der Waals surface area contributed by atoms with Crippen LogP contribution < -0.4 is 5.32 Å². The fourth-order valence-electron chi connectivity index (χ4n) is 3.70. The maximum Gasteiger partial charge on any atom is 0.256 e. The van der Waals surface area contributed by atoms with E-state index in [1.54, 1.807) is 25.3 Å². The molecule has 0 unspecified atom stereocenters. The predicted molar refractivity (Wildman–Crippen MR) is 104 cm³/mol. The Balaban J connectivity index is 1.72. The number of nitrogens with one attached hydrogen (secondary N) is 1. The first-order valence-electron chi connectivity index (χ1n) is 8.77. The first kappa shape index (κ1) is 17.2. The molecule has 4 rings (SSSR count). The van der Waals surface area contributed by atoms with E-state index in [4.69, 9.17) is 0 Å². The quantitative estimate of drug-likeness (QED) is 0.603. The molecule has 1 aromatic heterocycles. The molecular weight excluding hydrogens is 397 g/mol. The summed E-state index contributed by atoms with van der Waals surface area (Å²) in [4.78, 5) is 12.9. The third kappa shape index (κ3) is 3.14. The molecule has 1 saturated carbocycles. The largest absolute Gasteiger partial charge is 0.322 e. The summed E-state index contributed by atoms with van der Waals surface area (Å²) in [6, 6.07) is 8.55. The highest BCUT2D eigenvalue weighted by Crippen LogP contribution is 2.34. The van der Waals surface area contributed by atoms with Crippen LogP contribution in [0.3, 0.4) is 0 Å². The Hall–Kier alpha value is -2.21. The number of amides is 1. The summed E-state index contributed by atoms with van der Waals surface area (Å²) in [5.74, 6) is -0.542. The summed E-state index contributed by atoms with van der Waals surface area (Å²) < 4.78 is 16.2. The summed E-state index contributed by atoms with van der Waals surface area (Å²) in [5.41, 5.74) is 2.81. The molecule has 2 aromatic carbocycles. The third-order valence-electron chi connectivity index (χ3n) is 5.03. The van der Waals surface area contributed by atoms with Gasteiger partial charge in [0.1, 0.15) is 5.82 Å². The summed E-state index contributed by atoms with van der Waals surface area (Å²) in [7, 11) is 0. The van der Waals surface area contributed by atoms with Crippen LogP contribution in [-0.4, -0.2) is 15.7 Å². The topological polar surface area (TPSA) is 46.9 Å². The van der Waals surface area contributed by atoms with E-state index in [-0.39, 0.29) is 11.7 Å². The van der Waals surface area contributed by atoms with Crippen molar-refractivity contribution in [3.8, 4) is 0 Å². The van der Waals surface area contributed by atoms with E-state index < -0.39 is 0 Å². The molecule has 0 aliphatic heterocycles. The molecule has 3 aromatic rings. The van der Waals surface area contributed by atoms with Crippen molar-refractivity contribution in [3.63, 3.8) is 0 Å². The Kier molecular flexibility index (Phi) is 4.53. The third-order valence-corrected chi connectivity index (χ3v) is 5.49. The monoisotopic (exact) mass is 415 g/mol. The van der Waals surface area contributed by atoms with Crippen molar-refractivity contribution in [2.75, 3.05) is 5.32 Å². The number of rotatable bonds is 3. The molecule has 4 nitrogen and oxygen atoms in total. The number of benzene rings is 2. The van der Waals surface area contributed by atoms with Gasteiger partial charge in [0.2, 0.25) is 0 Å². The molecule has 0 spiro atoms. The van der Waals surface area contributed by atoms with Crippen LogP contribution in [0.5, 0.6) is 0 Å². The number of carbonyl (C=O) groups is 1. The maximum absolute atomic E-state index is 13.3. The van der Waals surface area contributed by atoms with Gasteiger partial charge in [0.25, 0.3) is 5.91 Å². The maximum atomic E-state index is 13.3. The molecule has 1 amide bonds. The molecule has 1 fully saturated rings. The van der Waals surface area contributed by atoms with Crippen molar-refractivity contribution in [2.45, 2.75) is 38.6 Å². The summed E-state index contributed by atoms with van der Waals surface area (Å²) in [6.45, 7) is 1.77. The van der Waals surface area contributed by atoms with Gasteiger partial charge in [0, 0.05) is 15.5 Å². The van der Waals surface area contributed by atoms with Gasteiger partial charge >= 0.3 is 0 Å². The molecule has 0 saturated heterocycles. The lowest BCUT2D eigenvalue weighted by Gasteiger charge is -2.13. The molecule has 1 aliphatic carbocycles. The van der Waals surface area contributed by atoms with Crippen molar-refractivity contribution >= 4 is 38.4 Å². The standard InChI is InChI=1S/C20H19BrFN3O/c1-12-8-14(22)6-7-18(12)24-20(26)16-9-13(21)10-19-17(16)11-23-25(19)15-4-2-3-5-15/h6-11,15H,2-5H2,1H3,(H,24,26). The van der Waals surface area contributed by atoms with Crippen LogP contribution in [0.1, 0.15) is 47.6 Å². The molecule has 0 radical (unpaired) electrons. The molecular formula is C20H19BrFN3O. The minimum absolute atomic E-state index is 0.225. The Bertz CT molecular complexity index is 992. The second-order valence-electron chi connectivity index (χ2n) is 6.83. The van der Waals surface area contributed by atoms with Crippen molar-refractivity contribution in [1.82, 2.24) is 9.78 Å². The number of nitrogens with zero attached hydrogens (tertiary/aromatic N) is 2. The Labute approximate surface area is 159 Å². The average Bonchev–Trinajstić information content (AvgIpc) is 3.25. The summed E-state index contributed by atoms with van der Waals surface area (Å²) in [6.07, 6.45) is 6.46. The minimum atomic E-state index is -0.316. The molecule has 134 valence electrons. The highest BCUT2D eigenvalue weighted by atomic mass is 79.9. The zero-order chi connectivity index (χ0) is 18.3. The molecule has 6 heteroatoms. The first-order chi connectivity index (χ1) is 12.5. The van der Waals surface area contributed by atoms with Crippen molar-refractivity contribution < 1.29 is 9.18 Å². The van der Waals surface area contributed by atoms with Gasteiger partial charge in [0.15, 0.2) is 0 Å². The molecule has 0 atom stereocenters. The van der Waals surface area contributed by atoms with E-state index in [1.807, 2.05) is 10.7 Å². The Morgan fingerprint density at radius 1 is 1.27 bits per heavy atom. The highest BCUT2D eigenvalue weighted by molar-refractivity contribution is 9.10. The van der Waals surface area contributed by atoms with Crippen LogP contribution in [-0.2, 0) is 0 Å². The van der Waals surface area contributed by atoms with Gasteiger partial charge in [-0.15, -0.1) is 0 Å². The van der Waals surface area contributed by atoms with Crippen LogP contribution in [0.15, 0.2) is 41.0 Å². The smallest absolute Gasteiger partial charge is 0.256 e. The van der Waals surface area contributed by atoms with Gasteiger partial charge in [-0.25, -0.2) is 4.39 Å². The fraction of sp³-hybridized carbons (Fsp3) is 0.300. The van der Waals surface area contributed by atoms with E-state index in [0.29, 0.717) is 22.9 Å². The highest BCUT2D eigenvalue weighted by Gasteiger charge is 2.22. The van der Waals surface area contributed by atoms with E-state index in [1.165, 1.54) is 25.0 Å². The Morgan fingerprint density at radius 3 is 2.77 bits per heavy atom. The zero-order valence-electron chi connectivity index (χ0n) is 14.4. The zero-order valence-corrected chi connectivity index (χ0v) is 16.0. The number of aryl methyl sites for hydroxylation is 1. The van der Waals surface area contributed by atoms with Gasteiger partial charge in [-0.05, 0) is 55.7 Å². The lowest BCUT2D eigenvalue weighted by Crippen LogP contribution is -2.13. The molecule has 1 N–H and O–H groups in total. The lowest BCUT2D eigenvalue weighted by atomic mass is 10.1. The van der Waals surface area contributed by atoms with E-state index >= 15 is 0 Å². The van der Waals surface area contributed by atoms with Crippen LogP contribution >= 0.6 is 15.9 Å². The molecule has 1 aliphatic rings. The summed E-state index contributed by atoms with van der Waals surface area (Å²) >= 11 is 3.52.